The lowest BCUT2D eigenvalue weighted by Gasteiger charge is -2.12. The maximum Gasteiger partial charge on any atom is 0.406 e. The van der Waals surface area contributed by atoms with Crippen LogP contribution in [0.25, 0.3) is 21.3 Å². The van der Waals surface area contributed by atoms with Crippen molar-refractivity contribution in [3.05, 3.63) is 70.0 Å². The van der Waals surface area contributed by atoms with Crippen LogP contribution in [0.2, 0.25) is 0 Å². The Morgan fingerprint density at radius 2 is 1.93 bits per heavy atom. The Balaban J connectivity index is 1.90. The highest BCUT2D eigenvalue weighted by Crippen LogP contribution is 2.40. The SMILES string of the molecule is CN(C)Cc1nc(Oc2cccnc2[N+](=O)[O-])c2c(-c3ccccc3)csc2n1. The van der Waals surface area contributed by atoms with Gasteiger partial charge in [-0.25, -0.2) is 4.98 Å². The number of ether oxygens (including phenoxy) is 1. The topological polar surface area (TPSA) is 94.3 Å². The van der Waals surface area contributed by atoms with Crippen LogP contribution in [-0.4, -0.2) is 38.9 Å². The van der Waals surface area contributed by atoms with Gasteiger partial charge >= 0.3 is 5.82 Å². The van der Waals surface area contributed by atoms with E-state index >= 15 is 0 Å². The number of fused-ring (bicyclic) bond motifs is 1. The van der Waals surface area contributed by atoms with Crippen molar-refractivity contribution < 1.29 is 9.66 Å². The van der Waals surface area contributed by atoms with Gasteiger partial charge < -0.3 is 19.8 Å². The van der Waals surface area contributed by atoms with Gasteiger partial charge in [0.05, 0.1) is 11.9 Å². The summed E-state index contributed by atoms with van der Waals surface area (Å²) in [6.07, 6.45) is 1.36. The number of pyridine rings is 1. The molecular formula is C20H17N5O3S. The zero-order valence-electron chi connectivity index (χ0n) is 15.8. The van der Waals surface area contributed by atoms with Gasteiger partial charge in [-0.05, 0) is 41.7 Å². The molecule has 3 heterocycles. The second kappa shape index (κ2) is 7.90. The number of nitrogens with zero attached hydrogens (tertiary/aromatic N) is 5. The van der Waals surface area contributed by atoms with Crippen molar-refractivity contribution in [3.63, 3.8) is 0 Å². The smallest absolute Gasteiger partial charge is 0.406 e. The van der Waals surface area contributed by atoms with E-state index in [1.54, 1.807) is 6.07 Å². The summed E-state index contributed by atoms with van der Waals surface area (Å²) in [5, 5.41) is 14.1. The van der Waals surface area contributed by atoms with E-state index in [4.69, 9.17) is 4.74 Å². The van der Waals surface area contributed by atoms with Crippen LogP contribution in [0.4, 0.5) is 5.82 Å². The number of aromatic nitrogens is 3. The van der Waals surface area contributed by atoms with Crippen LogP contribution in [0.5, 0.6) is 11.6 Å². The van der Waals surface area contributed by atoms with Crippen LogP contribution in [0.1, 0.15) is 5.82 Å². The molecule has 0 aliphatic heterocycles. The van der Waals surface area contributed by atoms with Gasteiger partial charge in [0.1, 0.15) is 16.9 Å². The van der Waals surface area contributed by atoms with Crippen molar-refractivity contribution in [1.29, 1.82) is 0 Å². The Morgan fingerprint density at radius 1 is 1.14 bits per heavy atom. The Hall–Kier alpha value is -3.43. The van der Waals surface area contributed by atoms with Crippen LogP contribution in [0.15, 0.2) is 54.0 Å². The molecule has 0 radical (unpaired) electrons. The fourth-order valence-corrected chi connectivity index (χ4v) is 3.87. The summed E-state index contributed by atoms with van der Waals surface area (Å²) in [4.78, 5) is 26.5. The second-order valence-corrected chi connectivity index (χ2v) is 7.42. The minimum Gasteiger partial charge on any atom is -0.429 e. The fourth-order valence-electron chi connectivity index (χ4n) is 2.91. The first-order valence-corrected chi connectivity index (χ1v) is 9.66. The van der Waals surface area contributed by atoms with Gasteiger partial charge in [-0.2, -0.15) is 4.98 Å². The van der Waals surface area contributed by atoms with E-state index in [0.717, 1.165) is 21.3 Å². The molecule has 0 amide bonds. The van der Waals surface area contributed by atoms with Gasteiger partial charge in [0.2, 0.25) is 11.6 Å². The standard InChI is InChI=1S/C20H17N5O3S/c1-24(2)11-16-22-19(28-15-9-6-10-21-18(15)25(26)27)17-14(12-29-20(17)23-16)13-7-4-3-5-8-13/h3-10,12H,11H2,1-2H3. The summed E-state index contributed by atoms with van der Waals surface area (Å²) in [5.74, 6) is 0.539. The quantitative estimate of drug-likeness (QED) is 0.343. The second-order valence-electron chi connectivity index (χ2n) is 6.56. The number of benzene rings is 1. The van der Waals surface area contributed by atoms with Gasteiger partial charge in [-0.1, -0.05) is 30.3 Å². The molecule has 9 heteroatoms. The lowest BCUT2D eigenvalue weighted by molar-refractivity contribution is -0.390. The highest BCUT2D eigenvalue weighted by Gasteiger charge is 2.22. The molecule has 0 spiro atoms. The van der Waals surface area contributed by atoms with Gasteiger partial charge in [0.15, 0.2) is 0 Å². The molecule has 0 bridgehead atoms. The molecule has 0 aliphatic carbocycles. The van der Waals surface area contributed by atoms with E-state index in [2.05, 4.69) is 15.0 Å². The van der Waals surface area contributed by atoms with Gasteiger partial charge in [-0.15, -0.1) is 11.3 Å². The third kappa shape index (κ3) is 3.91. The molecule has 0 unspecified atom stereocenters. The molecule has 4 rings (SSSR count). The van der Waals surface area contributed by atoms with Gasteiger partial charge in [0.25, 0.3) is 0 Å². The van der Waals surface area contributed by atoms with Crippen molar-refractivity contribution in [2.45, 2.75) is 6.54 Å². The van der Waals surface area contributed by atoms with Crippen molar-refractivity contribution in [3.8, 4) is 22.8 Å². The summed E-state index contributed by atoms with van der Waals surface area (Å²) >= 11 is 1.49. The molecule has 8 nitrogen and oxygen atoms in total. The maximum absolute atomic E-state index is 11.4. The molecule has 0 saturated carbocycles. The van der Waals surface area contributed by atoms with Crippen LogP contribution in [0, 0.1) is 10.1 Å². The lowest BCUT2D eigenvalue weighted by atomic mass is 10.1. The Labute approximate surface area is 170 Å². The lowest BCUT2D eigenvalue weighted by Crippen LogP contribution is -2.13. The maximum atomic E-state index is 11.4. The van der Waals surface area contributed by atoms with Gasteiger partial charge in [-0.3, -0.25) is 0 Å². The monoisotopic (exact) mass is 407 g/mol. The summed E-state index contributed by atoms with van der Waals surface area (Å²) in [7, 11) is 3.84. The Kier molecular flexibility index (Phi) is 5.15. The van der Waals surface area contributed by atoms with E-state index < -0.39 is 4.92 Å². The molecule has 146 valence electrons. The molecule has 3 aromatic heterocycles. The third-order valence-electron chi connectivity index (χ3n) is 4.12. The van der Waals surface area contributed by atoms with E-state index in [9.17, 15) is 10.1 Å². The predicted octanol–water partition coefficient (Wildman–Crippen LogP) is 4.52. The summed E-state index contributed by atoms with van der Waals surface area (Å²) in [6, 6.07) is 12.9. The van der Waals surface area contributed by atoms with Crippen molar-refractivity contribution in [1.82, 2.24) is 19.9 Å². The highest BCUT2D eigenvalue weighted by molar-refractivity contribution is 7.17. The zero-order chi connectivity index (χ0) is 20.4. The molecule has 0 saturated heterocycles. The normalized spacial score (nSPS) is 11.1. The van der Waals surface area contributed by atoms with Crippen molar-refractivity contribution in [2.75, 3.05) is 14.1 Å². The molecular weight excluding hydrogens is 390 g/mol. The van der Waals surface area contributed by atoms with E-state index in [0.29, 0.717) is 12.4 Å². The van der Waals surface area contributed by atoms with Crippen LogP contribution in [0.3, 0.4) is 0 Å². The third-order valence-corrected chi connectivity index (χ3v) is 4.99. The van der Waals surface area contributed by atoms with E-state index in [-0.39, 0.29) is 17.4 Å². The van der Waals surface area contributed by atoms with E-state index in [1.807, 2.05) is 54.7 Å². The average molecular weight is 407 g/mol. The summed E-state index contributed by atoms with van der Waals surface area (Å²) in [5.41, 5.74) is 1.91. The molecule has 0 N–H and O–H groups in total. The van der Waals surface area contributed by atoms with E-state index in [1.165, 1.54) is 23.6 Å². The minimum atomic E-state index is -0.569. The molecule has 0 aliphatic rings. The van der Waals surface area contributed by atoms with Crippen LogP contribution in [-0.2, 0) is 6.54 Å². The minimum absolute atomic E-state index is 0.0403. The van der Waals surface area contributed by atoms with Crippen molar-refractivity contribution >= 4 is 27.4 Å². The number of nitro groups is 1. The molecule has 29 heavy (non-hydrogen) atoms. The Bertz CT molecular complexity index is 1180. The largest absolute Gasteiger partial charge is 0.429 e. The fraction of sp³-hybridized carbons (Fsp3) is 0.150. The highest BCUT2D eigenvalue weighted by atomic mass is 32.1. The number of thiophene rings is 1. The van der Waals surface area contributed by atoms with Crippen LogP contribution < -0.4 is 4.74 Å². The van der Waals surface area contributed by atoms with Crippen LogP contribution >= 0.6 is 11.3 Å². The predicted molar refractivity (Wildman–Crippen MR) is 111 cm³/mol. The Morgan fingerprint density at radius 3 is 2.66 bits per heavy atom. The number of rotatable bonds is 6. The number of hydrogen-bond donors (Lipinski definition) is 0. The first-order chi connectivity index (χ1) is 14.0. The first-order valence-electron chi connectivity index (χ1n) is 8.78. The molecule has 0 fully saturated rings. The van der Waals surface area contributed by atoms with Gasteiger partial charge in [0, 0.05) is 10.9 Å². The molecule has 0 atom stereocenters. The average Bonchev–Trinajstić information content (AvgIpc) is 3.12. The summed E-state index contributed by atoms with van der Waals surface area (Å²) < 4.78 is 5.96. The number of hydrogen-bond acceptors (Lipinski definition) is 8. The zero-order valence-corrected chi connectivity index (χ0v) is 16.6. The van der Waals surface area contributed by atoms with Crippen molar-refractivity contribution in [2.24, 2.45) is 0 Å². The molecule has 4 aromatic rings. The molecule has 1 aromatic carbocycles. The summed E-state index contributed by atoms with van der Waals surface area (Å²) in [6.45, 7) is 0.514. The first kappa shape index (κ1) is 18.9.